The third-order valence-corrected chi connectivity index (χ3v) is 4.05. The van der Waals surface area contributed by atoms with Crippen LogP contribution in [0, 0.1) is 5.82 Å². The minimum atomic E-state index is -4.69. The number of halogens is 4. The van der Waals surface area contributed by atoms with Gasteiger partial charge in [0.2, 0.25) is 0 Å². The predicted molar refractivity (Wildman–Crippen MR) is 68.6 cm³/mol. The van der Waals surface area contributed by atoms with E-state index in [4.69, 9.17) is 5.73 Å². The van der Waals surface area contributed by atoms with Crippen molar-refractivity contribution >= 4 is 0 Å². The molecule has 1 saturated carbocycles. The Morgan fingerprint density at radius 1 is 1.35 bits per heavy atom. The number of likely N-dealkylation sites (N-methyl/N-ethyl adjacent to an activating group) is 1. The van der Waals surface area contributed by atoms with Crippen molar-refractivity contribution in [3.05, 3.63) is 35.1 Å². The summed E-state index contributed by atoms with van der Waals surface area (Å²) in [4.78, 5) is 2.00. The smallest absolute Gasteiger partial charge is 0.329 e. The highest BCUT2D eigenvalue weighted by molar-refractivity contribution is 5.30. The van der Waals surface area contributed by atoms with Gasteiger partial charge in [0.25, 0.3) is 0 Å². The van der Waals surface area contributed by atoms with Crippen molar-refractivity contribution in [2.24, 2.45) is 5.73 Å². The maximum absolute atomic E-state index is 13.3. The summed E-state index contributed by atoms with van der Waals surface area (Å²) < 4.78 is 51.5. The van der Waals surface area contributed by atoms with Crippen molar-refractivity contribution in [2.75, 3.05) is 13.6 Å². The molecule has 0 heterocycles. The Labute approximate surface area is 115 Å². The molecule has 1 fully saturated rings. The summed E-state index contributed by atoms with van der Waals surface area (Å²) in [6.45, 7) is 0.204. The second kappa shape index (κ2) is 5.69. The van der Waals surface area contributed by atoms with E-state index < -0.39 is 17.6 Å². The fraction of sp³-hybridized carbons (Fsp3) is 0.571. The summed E-state index contributed by atoms with van der Waals surface area (Å²) >= 11 is 0. The molecule has 1 aliphatic rings. The summed E-state index contributed by atoms with van der Waals surface area (Å²) in [7, 11) is 1.86. The number of rotatable bonds is 4. The van der Waals surface area contributed by atoms with E-state index in [2.05, 4.69) is 0 Å². The van der Waals surface area contributed by atoms with Crippen LogP contribution in [0.3, 0.4) is 0 Å². The first-order valence-corrected chi connectivity index (χ1v) is 6.63. The van der Waals surface area contributed by atoms with Gasteiger partial charge in [0.05, 0.1) is 5.56 Å². The Bertz CT molecular complexity index is 469. The van der Waals surface area contributed by atoms with Crippen LogP contribution in [0.25, 0.3) is 0 Å². The summed E-state index contributed by atoms with van der Waals surface area (Å²) in [5, 5.41) is 0. The molecular weight excluding hydrogens is 272 g/mol. The lowest BCUT2D eigenvalue weighted by atomic mass is 9.89. The molecule has 0 saturated heterocycles. The Morgan fingerprint density at radius 2 is 2.00 bits per heavy atom. The van der Waals surface area contributed by atoms with Crippen molar-refractivity contribution in [1.29, 1.82) is 0 Å². The number of hydrogen-bond donors (Lipinski definition) is 1. The van der Waals surface area contributed by atoms with Crippen LogP contribution in [0.2, 0.25) is 0 Å². The topological polar surface area (TPSA) is 29.3 Å². The molecule has 2 N–H and O–H groups in total. The molecule has 20 heavy (non-hydrogen) atoms. The molecule has 1 atom stereocenters. The zero-order valence-electron chi connectivity index (χ0n) is 11.3. The van der Waals surface area contributed by atoms with Gasteiger partial charge in [0.1, 0.15) is 5.82 Å². The van der Waals surface area contributed by atoms with Gasteiger partial charge in [0, 0.05) is 18.6 Å². The highest BCUT2D eigenvalue weighted by Gasteiger charge is 2.35. The summed E-state index contributed by atoms with van der Waals surface area (Å²) in [5.41, 5.74) is 4.89. The van der Waals surface area contributed by atoms with Gasteiger partial charge in [-0.1, -0.05) is 12.5 Å². The molecule has 0 amide bonds. The van der Waals surface area contributed by atoms with Crippen LogP contribution in [0.1, 0.15) is 36.4 Å². The van der Waals surface area contributed by atoms with Crippen LogP contribution < -0.4 is 5.73 Å². The third-order valence-electron chi connectivity index (χ3n) is 4.05. The molecule has 2 nitrogen and oxygen atoms in total. The minimum Gasteiger partial charge on any atom is -0.329 e. The summed E-state index contributed by atoms with van der Waals surface area (Å²) in [6, 6.07) is 3.17. The standard InChI is InChI=1S/C14H18F4N2/c1-20(10-3-2-4-10)13(8-19)9-5-6-12(15)11(7-9)14(16,17)18/h5-7,10,13H,2-4,8,19H2,1H3. The van der Waals surface area contributed by atoms with Crippen LogP contribution in [0.15, 0.2) is 18.2 Å². The zero-order valence-corrected chi connectivity index (χ0v) is 11.3. The van der Waals surface area contributed by atoms with Gasteiger partial charge in [-0.15, -0.1) is 0 Å². The van der Waals surface area contributed by atoms with Gasteiger partial charge in [-0.25, -0.2) is 4.39 Å². The highest BCUT2D eigenvalue weighted by Crippen LogP contribution is 2.35. The Kier molecular flexibility index (Phi) is 4.34. The van der Waals surface area contributed by atoms with Crippen molar-refractivity contribution in [3.63, 3.8) is 0 Å². The van der Waals surface area contributed by atoms with E-state index in [1.165, 1.54) is 6.07 Å². The maximum atomic E-state index is 13.3. The normalized spacial score (nSPS) is 18.1. The second-order valence-corrected chi connectivity index (χ2v) is 5.24. The molecule has 0 radical (unpaired) electrons. The van der Waals surface area contributed by atoms with Gasteiger partial charge in [0.15, 0.2) is 0 Å². The van der Waals surface area contributed by atoms with Crippen LogP contribution in [0.5, 0.6) is 0 Å². The van der Waals surface area contributed by atoms with Crippen LogP contribution >= 0.6 is 0 Å². The SMILES string of the molecule is CN(C1CCC1)C(CN)c1ccc(F)c(C(F)(F)F)c1. The van der Waals surface area contributed by atoms with Crippen LogP contribution in [-0.4, -0.2) is 24.5 Å². The molecule has 1 aromatic rings. The quantitative estimate of drug-likeness (QED) is 0.862. The molecule has 0 aromatic heterocycles. The largest absolute Gasteiger partial charge is 0.419 e. The van der Waals surface area contributed by atoms with E-state index in [-0.39, 0.29) is 12.6 Å². The number of benzene rings is 1. The van der Waals surface area contributed by atoms with Crippen LogP contribution in [-0.2, 0) is 6.18 Å². The van der Waals surface area contributed by atoms with Crippen molar-refractivity contribution in [2.45, 2.75) is 37.5 Å². The van der Waals surface area contributed by atoms with Gasteiger partial charge in [-0.3, -0.25) is 4.90 Å². The lowest BCUT2D eigenvalue weighted by Crippen LogP contribution is -2.42. The van der Waals surface area contributed by atoms with Gasteiger partial charge in [-0.2, -0.15) is 13.2 Å². The highest BCUT2D eigenvalue weighted by atomic mass is 19.4. The van der Waals surface area contributed by atoms with Gasteiger partial charge >= 0.3 is 6.18 Å². The van der Waals surface area contributed by atoms with Gasteiger partial charge < -0.3 is 5.73 Å². The first-order chi connectivity index (χ1) is 9.34. The predicted octanol–water partition coefficient (Wildman–Crippen LogP) is 3.33. The van der Waals surface area contributed by atoms with E-state index in [0.29, 0.717) is 11.6 Å². The molecule has 2 rings (SSSR count). The Balaban J connectivity index is 2.30. The summed E-state index contributed by atoms with van der Waals surface area (Å²) in [5.74, 6) is -1.25. The van der Waals surface area contributed by atoms with Crippen molar-refractivity contribution in [3.8, 4) is 0 Å². The number of alkyl halides is 3. The van der Waals surface area contributed by atoms with E-state index in [9.17, 15) is 17.6 Å². The summed E-state index contributed by atoms with van der Waals surface area (Å²) in [6.07, 6.45) is -1.50. The zero-order chi connectivity index (χ0) is 14.9. The molecular formula is C14H18F4N2. The fourth-order valence-electron chi connectivity index (χ4n) is 2.55. The monoisotopic (exact) mass is 290 g/mol. The molecule has 0 bridgehead atoms. The number of hydrogen-bond acceptors (Lipinski definition) is 2. The minimum absolute atomic E-state index is 0.204. The van der Waals surface area contributed by atoms with Crippen molar-refractivity contribution in [1.82, 2.24) is 4.90 Å². The molecule has 1 aromatic carbocycles. The average molecular weight is 290 g/mol. The first kappa shape index (κ1) is 15.3. The van der Waals surface area contributed by atoms with Crippen molar-refractivity contribution < 1.29 is 17.6 Å². The third kappa shape index (κ3) is 2.96. The van der Waals surface area contributed by atoms with E-state index in [1.807, 2.05) is 11.9 Å². The van der Waals surface area contributed by atoms with Crippen LogP contribution in [0.4, 0.5) is 17.6 Å². The Hall–Kier alpha value is -1.14. The van der Waals surface area contributed by atoms with E-state index in [0.717, 1.165) is 31.4 Å². The second-order valence-electron chi connectivity index (χ2n) is 5.24. The van der Waals surface area contributed by atoms with E-state index in [1.54, 1.807) is 0 Å². The fourth-order valence-corrected chi connectivity index (χ4v) is 2.55. The average Bonchev–Trinajstić information content (AvgIpc) is 2.28. The molecule has 6 heteroatoms. The molecule has 1 aliphatic carbocycles. The number of nitrogens with zero attached hydrogens (tertiary/aromatic N) is 1. The molecule has 0 aliphatic heterocycles. The lowest BCUT2D eigenvalue weighted by Gasteiger charge is -2.40. The molecule has 112 valence electrons. The Morgan fingerprint density at radius 3 is 2.45 bits per heavy atom. The number of nitrogens with two attached hydrogens (primary N) is 1. The molecule has 1 unspecified atom stereocenters. The molecule has 0 spiro atoms. The lowest BCUT2D eigenvalue weighted by molar-refractivity contribution is -0.140. The van der Waals surface area contributed by atoms with E-state index >= 15 is 0 Å². The first-order valence-electron chi connectivity index (χ1n) is 6.63. The van der Waals surface area contributed by atoms with Gasteiger partial charge in [-0.05, 0) is 37.6 Å². The maximum Gasteiger partial charge on any atom is 0.419 e.